The van der Waals surface area contributed by atoms with Crippen LogP contribution in [0, 0.1) is 17.7 Å². The molecule has 204 valence electrons. The van der Waals surface area contributed by atoms with Crippen molar-refractivity contribution in [2.45, 2.75) is 45.6 Å². The summed E-state index contributed by atoms with van der Waals surface area (Å²) in [5, 5.41) is 6.02. The molecule has 8 heteroatoms. The van der Waals surface area contributed by atoms with E-state index < -0.39 is 0 Å². The number of likely N-dealkylation sites (tertiary alicyclic amines) is 2. The van der Waals surface area contributed by atoms with Crippen LogP contribution in [0.4, 0.5) is 14.9 Å². The van der Waals surface area contributed by atoms with Gasteiger partial charge >= 0.3 is 6.03 Å². The number of urea groups is 1. The van der Waals surface area contributed by atoms with E-state index in [1.165, 1.54) is 38.0 Å². The molecule has 2 aromatic rings. The summed E-state index contributed by atoms with van der Waals surface area (Å²) in [7, 11) is 2.12. The van der Waals surface area contributed by atoms with Gasteiger partial charge in [-0.25, -0.2) is 9.18 Å². The Balaban J connectivity index is 1.37. The van der Waals surface area contributed by atoms with E-state index in [0.29, 0.717) is 22.7 Å². The third-order valence-corrected chi connectivity index (χ3v) is 7.79. The summed E-state index contributed by atoms with van der Waals surface area (Å²) in [6.07, 6.45) is 4.11. The van der Waals surface area contributed by atoms with Crippen molar-refractivity contribution < 1.29 is 18.8 Å². The van der Waals surface area contributed by atoms with Gasteiger partial charge in [0.1, 0.15) is 5.82 Å². The molecule has 0 aromatic heterocycles. The van der Waals surface area contributed by atoms with Crippen molar-refractivity contribution in [3.05, 3.63) is 65.0 Å². The number of hydrogen-bond donors (Lipinski definition) is 2. The highest BCUT2D eigenvalue weighted by Gasteiger charge is 2.32. The van der Waals surface area contributed by atoms with Crippen LogP contribution in [0.3, 0.4) is 0 Å². The summed E-state index contributed by atoms with van der Waals surface area (Å²) < 4.78 is 13.3. The summed E-state index contributed by atoms with van der Waals surface area (Å²) in [6, 6.07) is 11.3. The highest BCUT2D eigenvalue weighted by Crippen LogP contribution is 2.25. The zero-order valence-electron chi connectivity index (χ0n) is 22.6. The fourth-order valence-corrected chi connectivity index (χ4v) is 5.80. The maximum Gasteiger partial charge on any atom is 0.319 e. The summed E-state index contributed by atoms with van der Waals surface area (Å²) >= 11 is 0. The Labute approximate surface area is 224 Å². The summed E-state index contributed by atoms with van der Waals surface area (Å²) in [5.74, 6) is 0.293. The summed E-state index contributed by atoms with van der Waals surface area (Å²) in [5.41, 5.74) is 2.40. The third kappa shape index (κ3) is 7.71. The number of hydrogen-bond acceptors (Lipinski definition) is 5. The highest BCUT2D eigenvalue weighted by atomic mass is 19.1. The predicted octanol–water partition coefficient (Wildman–Crippen LogP) is 4.63. The van der Waals surface area contributed by atoms with Gasteiger partial charge in [0.05, 0.1) is 0 Å². The van der Waals surface area contributed by atoms with Crippen molar-refractivity contribution in [1.82, 2.24) is 15.1 Å². The molecule has 2 aromatic carbocycles. The van der Waals surface area contributed by atoms with Crippen LogP contribution in [0.1, 0.15) is 59.4 Å². The Hall–Kier alpha value is -3.10. The van der Waals surface area contributed by atoms with Crippen LogP contribution in [0.2, 0.25) is 0 Å². The van der Waals surface area contributed by atoms with Gasteiger partial charge in [-0.3, -0.25) is 9.59 Å². The van der Waals surface area contributed by atoms with Gasteiger partial charge in [0.15, 0.2) is 11.6 Å². The fourth-order valence-electron chi connectivity index (χ4n) is 5.80. The molecule has 0 unspecified atom stereocenters. The van der Waals surface area contributed by atoms with Crippen LogP contribution in [0.5, 0.6) is 0 Å². The number of carbonyl (C=O) groups is 3. The molecule has 0 saturated carbocycles. The minimum Gasteiger partial charge on any atom is -0.335 e. The van der Waals surface area contributed by atoms with E-state index in [-0.39, 0.29) is 35.4 Å². The summed E-state index contributed by atoms with van der Waals surface area (Å²) in [6.45, 7) is 7.64. The number of nitrogens with one attached hydrogen (secondary N) is 2. The van der Waals surface area contributed by atoms with Crippen molar-refractivity contribution >= 4 is 23.3 Å². The van der Waals surface area contributed by atoms with Gasteiger partial charge in [-0.1, -0.05) is 12.1 Å². The molecule has 0 bridgehead atoms. The number of amides is 2. The first kappa shape index (κ1) is 27.9. The van der Waals surface area contributed by atoms with E-state index in [0.717, 1.165) is 52.0 Å². The fraction of sp³-hybridized carbons (Fsp3) is 0.500. The Morgan fingerprint density at radius 1 is 0.947 bits per heavy atom. The predicted molar refractivity (Wildman–Crippen MR) is 147 cm³/mol. The van der Waals surface area contributed by atoms with Crippen molar-refractivity contribution in [2.24, 2.45) is 11.8 Å². The molecule has 2 N–H and O–H groups in total. The van der Waals surface area contributed by atoms with E-state index in [1.807, 2.05) is 12.1 Å². The largest absolute Gasteiger partial charge is 0.335 e. The van der Waals surface area contributed by atoms with Gasteiger partial charge in [-0.05, 0) is 101 Å². The monoisotopic (exact) mass is 522 g/mol. The van der Waals surface area contributed by atoms with Gasteiger partial charge in [0.25, 0.3) is 0 Å². The number of Topliss-reactive ketones (excluding diaryl/α,β-unsaturated/α-hetero) is 2. The van der Waals surface area contributed by atoms with Gasteiger partial charge in [-0.2, -0.15) is 0 Å². The second-order valence-electron chi connectivity index (χ2n) is 11.0. The molecule has 2 amide bonds. The van der Waals surface area contributed by atoms with Gasteiger partial charge in [0.2, 0.25) is 0 Å². The lowest BCUT2D eigenvalue weighted by Gasteiger charge is -2.41. The van der Waals surface area contributed by atoms with Gasteiger partial charge in [-0.15, -0.1) is 0 Å². The van der Waals surface area contributed by atoms with Crippen molar-refractivity contribution in [3.8, 4) is 0 Å². The lowest BCUT2D eigenvalue weighted by atomic mass is 9.88. The highest BCUT2D eigenvalue weighted by molar-refractivity contribution is 6.02. The number of ketones is 2. The number of halogens is 1. The second kappa shape index (κ2) is 12.6. The normalized spacial score (nSPS) is 22.6. The number of anilines is 1. The molecule has 2 saturated heterocycles. The SMILES string of the molecule is CC(=O)c1cc(NC(=O)N[C@@H]2CCN(C)C[C@H]2CN2CCC[C@@H](Cc3ccc(F)cc3)C2)cc(C(C)=O)c1. The lowest BCUT2D eigenvalue weighted by molar-refractivity contribution is 0.0958. The number of benzene rings is 2. The Morgan fingerprint density at radius 2 is 1.63 bits per heavy atom. The molecular formula is C30H39FN4O3. The van der Waals surface area contributed by atoms with E-state index in [2.05, 4.69) is 27.5 Å². The first-order valence-corrected chi connectivity index (χ1v) is 13.6. The van der Waals surface area contributed by atoms with E-state index in [1.54, 1.807) is 18.2 Å². The van der Waals surface area contributed by atoms with Crippen molar-refractivity contribution in [2.75, 3.05) is 45.1 Å². The molecular weight excluding hydrogens is 483 g/mol. The molecule has 0 radical (unpaired) electrons. The standard InChI is InChI=1S/C30H39FN4O3/c1-20(36)24-14-25(21(2)37)16-28(15-24)32-30(38)33-29-10-12-34(3)18-26(29)19-35-11-4-5-23(17-35)13-22-6-8-27(31)9-7-22/h6-9,14-16,23,26,29H,4-5,10-13,17-19H2,1-3H3,(H2,32,33,38)/t23-,26-,29+/m0/s1. The minimum atomic E-state index is -0.326. The van der Waals surface area contributed by atoms with E-state index >= 15 is 0 Å². The minimum absolute atomic E-state index is 0.0203. The van der Waals surface area contributed by atoms with Crippen LogP contribution in [0.25, 0.3) is 0 Å². The zero-order valence-corrected chi connectivity index (χ0v) is 22.6. The van der Waals surface area contributed by atoms with Gasteiger partial charge in [0, 0.05) is 48.4 Å². The maximum absolute atomic E-state index is 13.3. The number of nitrogens with zero attached hydrogens (tertiary/aromatic N) is 2. The molecule has 4 rings (SSSR count). The molecule has 0 aliphatic carbocycles. The topological polar surface area (TPSA) is 81.8 Å². The van der Waals surface area contributed by atoms with Crippen LogP contribution in [-0.2, 0) is 6.42 Å². The zero-order chi connectivity index (χ0) is 27.2. The van der Waals surface area contributed by atoms with Crippen LogP contribution in [-0.4, -0.2) is 73.2 Å². The second-order valence-corrected chi connectivity index (χ2v) is 11.0. The average molecular weight is 523 g/mol. The number of rotatable bonds is 8. The quantitative estimate of drug-likeness (QED) is 0.494. The molecule has 38 heavy (non-hydrogen) atoms. The van der Waals surface area contributed by atoms with Crippen molar-refractivity contribution in [3.63, 3.8) is 0 Å². The van der Waals surface area contributed by atoms with Crippen LogP contribution in [0.15, 0.2) is 42.5 Å². The Bertz CT molecular complexity index is 1120. The molecule has 0 spiro atoms. The Kier molecular flexibility index (Phi) is 9.28. The number of carbonyl (C=O) groups excluding carboxylic acids is 3. The third-order valence-electron chi connectivity index (χ3n) is 7.79. The number of piperidine rings is 2. The van der Waals surface area contributed by atoms with E-state index in [9.17, 15) is 18.8 Å². The first-order valence-electron chi connectivity index (χ1n) is 13.6. The lowest BCUT2D eigenvalue weighted by Crippen LogP contribution is -2.55. The molecule has 2 heterocycles. The average Bonchev–Trinajstić information content (AvgIpc) is 2.87. The smallest absolute Gasteiger partial charge is 0.319 e. The first-order chi connectivity index (χ1) is 18.2. The molecule has 3 atom stereocenters. The van der Waals surface area contributed by atoms with E-state index in [4.69, 9.17) is 0 Å². The Morgan fingerprint density at radius 3 is 2.29 bits per heavy atom. The summed E-state index contributed by atoms with van der Waals surface area (Å²) in [4.78, 5) is 41.7. The molecule has 7 nitrogen and oxygen atoms in total. The molecule has 2 aliphatic heterocycles. The maximum atomic E-state index is 13.3. The van der Waals surface area contributed by atoms with Crippen LogP contribution < -0.4 is 10.6 Å². The molecule has 2 aliphatic rings. The molecule has 2 fully saturated rings. The van der Waals surface area contributed by atoms with Crippen LogP contribution >= 0.6 is 0 Å². The van der Waals surface area contributed by atoms with Gasteiger partial charge < -0.3 is 20.4 Å². The van der Waals surface area contributed by atoms with Crippen molar-refractivity contribution in [1.29, 1.82) is 0 Å².